The Balaban J connectivity index is 1.18. The molecule has 0 aliphatic carbocycles. The van der Waals surface area contributed by atoms with Gasteiger partial charge < -0.3 is 19.5 Å². The summed E-state index contributed by atoms with van der Waals surface area (Å²) in [6.45, 7) is 5.15. The first kappa shape index (κ1) is 28.8. The Bertz CT molecular complexity index is 1690. The van der Waals surface area contributed by atoms with E-state index in [2.05, 4.69) is 30.5 Å². The fourth-order valence-electron chi connectivity index (χ4n) is 4.98. The molecular weight excluding hydrogens is 573 g/mol. The highest BCUT2D eigenvalue weighted by atomic mass is 35.5. The summed E-state index contributed by atoms with van der Waals surface area (Å²) in [4.78, 5) is 11.3. The van der Waals surface area contributed by atoms with Gasteiger partial charge >= 0.3 is 0 Å². The fourth-order valence-corrected chi connectivity index (χ4v) is 5.20. The highest BCUT2D eigenvalue weighted by Crippen LogP contribution is 2.35. The fraction of sp³-hybridized carbons (Fsp3) is 0.290. The molecule has 10 nitrogen and oxygen atoms in total. The lowest BCUT2D eigenvalue weighted by atomic mass is 10.1. The third kappa shape index (κ3) is 6.85. The van der Waals surface area contributed by atoms with Gasteiger partial charge in [-0.1, -0.05) is 35.0 Å². The molecule has 0 unspecified atom stereocenters. The van der Waals surface area contributed by atoms with Crippen LogP contribution in [0, 0.1) is 5.82 Å². The molecule has 12 heteroatoms. The molecule has 1 N–H and O–H groups in total. The number of halogens is 2. The number of benzene rings is 3. The normalized spacial score (nSPS) is 13.7. The molecule has 0 radical (unpaired) electrons. The number of ether oxygens (including phenoxy) is 3. The molecule has 1 aliphatic heterocycles. The van der Waals surface area contributed by atoms with Crippen molar-refractivity contribution in [2.45, 2.75) is 13.0 Å². The van der Waals surface area contributed by atoms with Crippen LogP contribution < -0.4 is 14.8 Å². The van der Waals surface area contributed by atoms with E-state index in [1.807, 2.05) is 36.4 Å². The molecule has 0 spiro atoms. The van der Waals surface area contributed by atoms with Crippen molar-refractivity contribution < 1.29 is 18.6 Å². The van der Waals surface area contributed by atoms with E-state index in [1.165, 1.54) is 12.4 Å². The number of methoxy groups -OCH3 is 1. The van der Waals surface area contributed by atoms with E-state index in [0.29, 0.717) is 40.2 Å². The molecule has 3 heterocycles. The maximum atomic E-state index is 14.3. The minimum atomic E-state index is -0.382. The Morgan fingerprint density at radius 2 is 1.91 bits per heavy atom. The molecule has 2 aromatic heterocycles. The Kier molecular flexibility index (Phi) is 8.92. The molecule has 222 valence electrons. The van der Waals surface area contributed by atoms with Gasteiger partial charge in [0.1, 0.15) is 23.7 Å². The lowest BCUT2D eigenvalue weighted by Crippen LogP contribution is -2.37. The standard InChI is InChI=1S/C31H31ClFN7O3/c1-41-29-17-27-23(16-30(29)43-12-4-9-39-10-13-42-14-11-39)31(35-20-34-27)36-22-6-2-5-21(15-22)28-19-40(38-37-28)18-24-25(32)7-3-8-26(24)33/h2-3,5-8,15-17,19-20H,4,9-14,18H2,1H3,(H,34,35,36). The molecule has 0 amide bonds. The first-order valence-corrected chi connectivity index (χ1v) is 14.4. The van der Waals surface area contributed by atoms with Gasteiger partial charge in [0, 0.05) is 52.9 Å². The molecule has 1 aliphatic rings. The van der Waals surface area contributed by atoms with E-state index in [9.17, 15) is 4.39 Å². The molecule has 0 bridgehead atoms. The van der Waals surface area contributed by atoms with Gasteiger partial charge in [0.2, 0.25) is 0 Å². The Hall–Kier alpha value is -4.32. The zero-order valence-corrected chi connectivity index (χ0v) is 24.4. The molecule has 1 saturated heterocycles. The highest BCUT2D eigenvalue weighted by molar-refractivity contribution is 6.31. The zero-order chi connectivity index (χ0) is 29.6. The predicted molar refractivity (Wildman–Crippen MR) is 163 cm³/mol. The second-order valence-corrected chi connectivity index (χ2v) is 10.5. The maximum Gasteiger partial charge on any atom is 0.162 e. The number of aromatic nitrogens is 5. The largest absolute Gasteiger partial charge is 0.493 e. The summed E-state index contributed by atoms with van der Waals surface area (Å²) in [7, 11) is 1.62. The van der Waals surface area contributed by atoms with Gasteiger partial charge in [0.05, 0.1) is 45.2 Å². The van der Waals surface area contributed by atoms with Crippen LogP contribution in [0.15, 0.2) is 67.1 Å². The number of fused-ring (bicyclic) bond motifs is 1. The Labute approximate surface area is 253 Å². The highest BCUT2D eigenvalue weighted by Gasteiger charge is 2.15. The van der Waals surface area contributed by atoms with Crippen LogP contribution in [0.3, 0.4) is 0 Å². The first-order chi connectivity index (χ1) is 21.1. The summed E-state index contributed by atoms with van der Waals surface area (Å²) in [5.74, 6) is 1.49. The molecule has 5 aromatic rings. The van der Waals surface area contributed by atoms with E-state index in [-0.39, 0.29) is 12.4 Å². The summed E-state index contributed by atoms with van der Waals surface area (Å²) in [6.07, 6.45) is 4.16. The van der Waals surface area contributed by atoms with Crippen molar-refractivity contribution in [2.75, 3.05) is 51.9 Å². The van der Waals surface area contributed by atoms with Crippen LogP contribution in [0.1, 0.15) is 12.0 Å². The molecule has 43 heavy (non-hydrogen) atoms. The van der Waals surface area contributed by atoms with Crippen molar-refractivity contribution in [3.63, 3.8) is 0 Å². The van der Waals surface area contributed by atoms with Crippen molar-refractivity contribution in [1.82, 2.24) is 29.9 Å². The van der Waals surface area contributed by atoms with Crippen LogP contribution in [-0.2, 0) is 11.3 Å². The van der Waals surface area contributed by atoms with Crippen molar-refractivity contribution >= 4 is 34.0 Å². The molecule has 6 rings (SSSR count). The minimum Gasteiger partial charge on any atom is -0.493 e. The summed E-state index contributed by atoms with van der Waals surface area (Å²) in [5.41, 5.74) is 3.36. The second kappa shape index (κ2) is 13.3. The van der Waals surface area contributed by atoms with Gasteiger partial charge in [0.15, 0.2) is 11.5 Å². The number of morpholine rings is 1. The summed E-state index contributed by atoms with van der Waals surface area (Å²) >= 11 is 6.19. The van der Waals surface area contributed by atoms with Crippen LogP contribution in [0.5, 0.6) is 11.5 Å². The average molecular weight is 604 g/mol. The number of hydrogen-bond donors (Lipinski definition) is 1. The Morgan fingerprint density at radius 3 is 2.74 bits per heavy atom. The SMILES string of the molecule is COc1cc2ncnc(Nc3cccc(-c4cn(Cc5c(F)cccc5Cl)nn4)c3)c2cc1OCCCN1CCOCC1. The van der Waals surface area contributed by atoms with Crippen molar-refractivity contribution in [1.29, 1.82) is 0 Å². The van der Waals surface area contributed by atoms with Gasteiger partial charge in [0.25, 0.3) is 0 Å². The van der Waals surface area contributed by atoms with Crippen LogP contribution in [0.25, 0.3) is 22.2 Å². The quantitative estimate of drug-likeness (QED) is 0.194. The van der Waals surface area contributed by atoms with Gasteiger partial charge in [-0.15, -0.1) is 5.10 Å². The zero-order valence-electron chi connectivity index (χ0n) is 23.7. The summed E-state index contributed by atoms with van der Waals surface area (Å²) in [5, 5.41) is 13.0. The summed E-state index contributed by atoms with van der Waals surface area (Å²) in [6, 6.07) is 16.1. The van der Waals surface area contributed by atoms with Gasteiger partial charge in [-0.25, -0.2) is 19.0 Å². The maximum absolute atomic E-state index is 14.3. The first-order valence-electron chi connectivity index (χ1n) is 14.0. The monoisotopic (exact) mass is 603 g/mol. The van der Waals surface area contributed by atoms with Gasteiger partial charge in [-0.2, -0.15) is 0 Å². The second-order valence-electron chi connectivity index (χ2n) is 10.1. The summed E-state index contributed by atoms with van der Waals surface area (Å²) < 4.78 is 33.0. The minimum absolute atomic E-state index is 0.171. The molecule has 0 saturated carbocycles. The van der Waals surface area contributed by atoms with E-state index in [0.717, 1.165) is 61.4 Å². The topological polar surface area (TPSA) is 99.5 Å². The van der Waals surface area contributed by atoms with Gasteiger partial charge in [-0.3, -0.25) is 4.90 Å². The van der Waals surface area contributed by atoms with E-state index in [1.54, 1.807) is 30.1 Å². The molecular formula is C31H31ClFN7O3. The van der Waals surface area contributed by atoms with Crippen molar-refractivity contribution in [3.05, 3.63) is 83.5 Å². The number of rotatable bonds is 11. The average Bonchev–Trinajstić information content (AvgIpc) is 3.50. The van der Waals surface area contributed by atoms with Crippen LogP contribution >= 0.6 is 11.6 Å². The molecule has 3 aromatic carbocycles. The third-order valence-electron chi connectivity index (χ3n) is 7.24. The molecule has 1 fully saturated rings. The number of anilines is 2. The van der Waals surface area contributed by atoms with E-state index >= 15 is 0 Å². The van der Waals surface area contributed by atoms with Crippen molar-refractivity contribution in [3.8, 4) is 22.8 Å². The lowest BCUT2D eigenvalue weighted by Gasteiger charge is -2.26. The van der Waals surface area contributed by atoms with Gasteiger partial charge in [-0.05, 0) is 36.8 Å². The lowest BCUT2D eigenvalue weighted by molar-refractivity contribution is 0.0357. The number of nitrogens with one attached hydrogen (secondary N) is 1. The number of hydrogen-bond acceptors (Lipinski definition) is 9. The third-order valence-corrected chi connectivity index (χ3v) is 7.60. The molecule has 0 atom stereocenters. The smallest absolute Gasteiger partial charge is 0.162 e. The predicted octanol–water partition coefficient (Wildman–Crippen LogP) is 5.58. The number of nitrogens with zero attached hydrogens (tertiary/aromatic N) is 6. The Morgan fingerprint density at radius 1 is 1.05 bits per heavy atom. The van der Waals surface area contributed by atoms with E-state index in [4.69, 9.17) is 25.8 Å². The van der Waals surface area contributed by atoms with E-state index < -0.39 is 0 Å². The van der Waals surface area contributed by atoms with Crippen LogP contribution in [0.4, 0.5) is 15.9 Å². The van der Waals surface area contributed by atoms with Crippen molar-refractivity contribution in [2.24, 2.45) is 0 Å². The van der Waals surface area contributed by atoms with Crippen LogP contribution in [0.2, 0.25) is 5.02 Å². The van der Waals surface area contributed by atoms with Crippen LogP contribution in [-0.4, -0.2) is 76.4 Å².